The highest BCUT2D eigenvalue weighted by Crippen LogP contribution is 2.24. The van der Waals surface area contributed by atoms with Gasteiger partial charge in [0.25, 0.3) is 0 Å². The summed E-state index contributed by atoms with van der Waals surface area (Å²) in [5.41, 5.74) is 1.40. The van der Waals surface area contributed by atoms with Gasteiger partial charge in [0.05, 0.1) is 12.3 Å². The first kappa shape index (κ1) is 13.1. The minimum atomic E-state index is -0.933. The Morgan fingerprint density at radius 1 is 1.37 bits per heavy atom. The molecule has 0 aliphatic carbocycles. The van der Waals surface area contributed by atoms with E-state index in [1.54, 1.807) is 6.92 Å². The second-order valence-electron chi connectivity index (χ2n) is 4.06. The van der Waals surface area contributed by atoms with Crippen molar-refractivity contribution in [1.29, 1.82) is 0 Å². The lowest BCUT2D eigenvalue weighted by Gasteiger charge is -2.02. The van der Waals surface area contributed by atoms with E-state index in [2.05, 4.69) is 4.98 Å². The number of aliphatic carboxylic acids is 1. The maximum absolute atomic E-state index is 10.7. The number of carboxylic acids is 1. The van der Waals surface area contributed by atoms with Gasteiger partial charge in [-0.2, -0.15) is 0 Å². The van der Waals surface area contributed by atoms with Gasteiger partial charge in [-0.25, -0.2) is 4.98 Å². The van der Waals surface area contributed by atoms with Crippen molar-refractivity contribution in [1.82, 2.24) is 4.98 Å². The molecule has 0 radical (unpaired) electrons. The molecule has 1 heterocycles. The molecule has 0 bridgehead atoms. The van der Waals surface area contributed by atoms with Gasteiger partial charge in [0.1, 0.15) is 17.9 Å². The Bertz CT molecular complexity index is 572. The molecule has 0 saturated heterocycles. The number of oxazole rings is 1. The molecule has 19 heavy (non-hydrogen) atoms. The number of hydrogen-bond donors (Lipinski definition) is 1. The van der Waals surface area contributed by atoms with E-state index in [1.165, 1.54) is 0 Å². The number of benzene rings is 1. The first-order valence-electron chi connectivity index (χ1n) is 6.01. The number of hydrogen-bond acceptors (Lipinski definition) is 4. The number of nitrogens with zero attached hydrogens (tertiary/aromatic N) is 1. The van der Waals surface area contributed by atoms with Gasteiger partial charge in [-0.05, 0) is 38.1 Å². The predicted octanol–water partition coefficient (Wildman–Crippen LogP) is 2.68. The van der Waals surface area contributed by atoms with Gasteiger partial charge < -0.3 is 14.3 Å². The van der Waals surface area contributed by atoms with Crippen molar-refractivity contribution < 1.29 is 19.1 Å². The maximum atomic E-state index is 10.7. The van der Waals surface area contributed by atoms with Gasteiger partial charge in [-0.15, -0.1) is 0 Å². The molecule has 5 heteroatoms. The fourth-order valence-electron chi connectivity index (χ4n) is 1.71. The molecule has 0 aliphatic heterocycles. The van der Waals surface area contributed by atoms with Gasteiger partial charge in [-0.3, -0.25) is 4.79 Å². The molecule has 1 aromatic carbocycles. The van der Waals surface area contributed by atoms with Crippen molar-refractivity contribution in [2.45, 2.75) is 20.3 Å². The lowest BCUT2D eigenvalue weighted by molar-refractivity contribution is -0.136. The Labute approximate surface area is 110 Å². The van der Waals surface area contributed by atoms with Crippen LogP contribution in [0.3, 0.4) is 0 Å². The fraction of sp³-hybridized carbons (Fsp3) is 0.286. The Balaban J connectivity index is 2.24. The van der Waals surface area contributed by atoms with Crippen LogP contribution in [-0.2, 0) is 11.2 Å². The molecular formula is C14H15NO4. The summed E-state index contributed by atoms with van der Waals surface area (Å²) < 4.78 is 10.8. The predicted molar refractivity (Wildman–Crippen MR) is 69.2 cm³/mol. The van der Waals surface area contributed by atoms with Crippen LogP contribution in [0.4, 0.5) is 0 Å². The zero-order chi connectivity index (χ0) is 13.8. The van der Waals surface area contributed by atoms with Gasteiger partial charge in [0, 0.05) is 5.56 Å². The summed E-state index contributed by atoms with van der Waals surface area (Å²) in [5, 5.41) is 8.76. The van der Waals surface area contributed by atoms with Crippen LogP contribution in [0, 0.1) is 6.92 Å². The summed E-state index contributed by atoms with van der Waals surface area (Å²) in [6, 6.07) is 7.33. The van der Waals surface area contributed by atoms with E-state index in [0.717, 1.165) is 11.3 Å². The average molecular weight is 261 g/mol. The van der Waals surface area contributed by atoms with E-state index in [4.69, 9.17) is 14.3 Å². The summed E-state index contributed by atoms with van der Waals surface area (Å²) in [6.45, 7) is 4.27. The molecule has 0 spiro atoms. The van der Waals surface area contributed by atoms with E-state index in [9.17, 15) is 4.79 Å². The van der Waals surface area contributed by atoms with Crippen LogP contribution in [0.25, 0.3) is 11.5 Å². The molecule has 100 valence electrons. The van der Waals surface area contributed by atoms with Gasteiger partial charge in [0.15, 0.2) is 0 Å². The summed E-state index contributed by atoms with van der Waals surface area (Å²) in [4.78, 5) is 14.9. The summed E-state index contributed by atoms with van der Waals surface area (Å²) >= 11 is 0. The molecule has 0 unspecified atom stereocenters. The zero-order valence-corrected chi connectivity index (χ0v) is 10.8. The molecule has 0 amide bonds. The van der Waals surface area contributed by atoms with Crippen LogP contribution in [-0.4, -0.2) is 22.7 Å². The summed E-state index contributed by atoms with van der Waals surface area (Å²) in [5.74, 6) is 0.658. The van der Waals surface area contributed by atoms with E-state index < -0.39 is 5.97 Å². The molecule has 2 rings (SSSR count). The van der Waals surface area contributed by atoms with Crippen LogP contribution >= 0.6 is 0 Å². The summed E-state index contributed by atoms with van der Waals surface area (Å²) in [7, 11) is 0. The lowest BCUT2D eigenvalue weighted by Crippen LogP contribution is -1.99. The van der Waals surface area contributed by atoms with Crippen molar-refractivity contribution in [3.05, 3.63) is 35.7 Å². The van der Waals surface area contributed by atoms with Crippen LogP contribution in [0.2, 0.25) is 0 Å². The third-order valence-electron chi connectivity index (χ3n) is 2.62. The molecule has 5 nitrogen and oxygen atoms in total. The number of aromatic nitrogens is 1. The Morgan fingerprint density at radius 3 is 2.63 bits per heavy atom. The number of ether oxygens (including phenoxy) is 1. The number of aryl methyl sites for hydroxylation is 1. The first-order valence-corrected chi connectivity index (χ1v) is 6.01. The van der Waals surface area contributed by atoms with E-state index in [-0.39, 0.29) is 6.42 Å². The second-order valence-corrected chi connectivity index (χ2v) is 4.06. The molecule has 1 aromatic heterocycles. The molecule has 0 atom stereocenters. The van der Waals surface area contributed by atoms with Crippen LogP contribution in [0.5, 0.6) is 5.75 Å². The largest absolute Gasteiger partial charge is 0.494 e. The average Bonchev–Trinajstić information content (AvgIpc) is 2.71. The minimum absolute atomic E-state index is 0.157. The van der Waals surface area contributed by atoms with Gasteiger partial charge >= 0.3 is 5.97 Å². The second kappa shape index (κ2) is 5.56. The summed E-state index contributed by atoms with van der Waals surface area (Å²) in [6.07, 6.45) is -0.157. The normalized spacial score (nSPS) is 10.4. The molecule has 0 fully saturated rings. The molecule has 2 aromatic rings. The SMILES string of the molecule is CCOc1ccc(-c2nc(C)c(CC(=O)O)o2)cc1. The topological polar surface area (TPSA) is 72.6 Å². The fourth-order valence-corrected chi connectivity index (χ4v) is 1.71. The van der Waals surface area contributed by atoms with E-state index >= 15 is 0 Å². The zero-order valence-electron chi connectivity index (χ0n) is 10.8. The van der Waals surface area contributed by atoms with E-state index in [0.29, 0.717) is 24.0 Å². The Hall–Kier alpha value is -2.30. The highest BCUT2D eigenvalue weighted by molar-refractivity contribution is 5.70. The monoisotopic (exact) mass is 261 g/mol. The highest BCUT2D eigenvalue weighted by atomic mass is 16.5. The third-order valence-corrected chi connectivity index (χ3v) is 2.62. The van der Waals surface area contributed by atoms with Gasteiger partial charge in [0.2, 0.25) is 5.89 Å². The van der Waals surface area contributed by atoms with Crippen molar-refractivity contribution in [2.24, 2.45) is 0 Å². The molecular weight excluding hydrogens is 246 g/mol. The molecule has 0 aliphatic rings. The number of rotatable bonds is 5. The lowest BCUT2D eigenvalue weighted by atomic mass is 10.2. The van der Waals surface area contributed by atoms with Gasteiger partial charge in [-0.1, -0.05) is 0 Å². The number of carboxylic acid groups (broad SMARTS) is 1. The number of carbonyl (C=O) groups is 1. The minimum Gasteiger partial charge on any atom is -0.494 e. The van der Waals surface area contributed by atoms with Crippen LogP contribution in [0.1, 0.15) is 18.4 Å². The molecule has 0 saturated carbocycles. The Morgan fingerprint density at radius 2 is 2.05 bits per heavy atom. The Kier molecular flexibility index (Phi) is 3.85. The van der Waals surface area contributed by atoms with Crippen LogP contribution in [0.15, 0.2) is 28.7 Å². The van der Waals surface area contributed by atoms with Crippen molar-refractivity contribution in [3.63, 3.8) is 0 Å². The smallest absolute Gasteiger partial charge is 0.311 e. The molecule has 1 N–H and O–H groups in total. The van der Waals surface area contributed by atoms with Crippen molar-refractivity contribution in [3.8, 4) is 17.2 Å². The maximum Gasteiger partial charge on any atom is 0.311 e. The highest BCUT2D eigenvalue weighted by Gasteiger charge is 2.14. The van der Waals surface area contributed by atoms with E-state index in [1.807, 2.05) is 31.2 Å². The van der Waals surface area contributed by atoms with Crippen molar-refractivity contribution >= 4 is 5.97 Å². The van der Waals surface area contributed by atoms with Crippen LogP contribution < -0.4 is 4.74 Å². The first-order chi connectivity index (χ1) is 9.10. The quantitative estimate of drug-likeness (QED) is 0.895. The van der Waals surface area contributed by atoms with Crippen molar-refractivity contribution in [2.75, 3.05) is 6.61 Å². The third kappa shape index (κ3) is 3.13. The standard InChI is InChI=1S/C14H15NO4/c1-3-18-11-6-4-10(5-7-11)14-15-9(2)12(19-14)8-13(16)17/h4-7H,3,8H2,1-2H3,(H,16,17).